The summed E-state index contributed by atoms with van der Waals surface area (Å²) in [6, 6.07) is 1.41. The van der Waals surface area contributed by atoms with Crippen LogP contribution in [0.2, 0.25) is 0 Å². The molecule has 2 atom stereocenters. The van der Waals surface area contributed by atoms with Gasteiger partial charge in [0.15, 0.2) is 0 Å². The van der Waals surface area contributed by atoms with E-state index in [1.165, 1.54) is 6.42 Å². The Morgan fingerprint density at radius 2 is 1.41 bits per heavy atom. The molecule has 0 saturated carbocycles. The number of nitrogens with one attached hydrogen (secondary N) is 1. The van der Waals surface area contributed by atoms with E-state index in [1.54, 1.807) is 6.92 Å². The van der Waals surface area contributed by atoms with Gasteiger partial charge in [-0.05, 0) is 26.2 Å². The zero-order chi connectivity index (χ0) is 21.3. The molecule has 12 heteroatoms. The van der Waals surface area contributed by atoms with E-state index in [0.717, 1.165) is 5.92 Å². The molecule has 12 nitrogen and oxygen atoms in total. The molecule has 0 amide bonds. The van der Waals surface area contributed by atoms with E-state index in [4.69, 9.17) is 10.2 Å². The van der Waals surface area contributed by atoms with E-state index in [0.29, 0.717) is 24.7 Å². The predicted octanol–water partition coefficient (Wildman–Crippen LogP) is 2.51. The number of phenolic OH excluding ortho intramolecular Hbond substituents is 1. The van der Waals surface area contributed by atoms with Gasteiger partial charge >= 0.3 is 11.4 Å². The summed E-state index contributed by atoms with van der Waals surface area (Å²) in [6.45, 7) is 9.08. The van der Waals surface area contributed by atoms with E-state index in [1.807, 2.05) is 0 Å². The van der Waals surface area contributed by atoms with E-state index in [2.05, 4.69) is 26.1 Å². The second-order valence-corrected chi connectivity index (χ2v) is 6.39. The second kappa shape index (κ2) is 11.0. The number of hydrogen-bond donors (Lipinski definition) is 3. The molecule has 0 heterocycles. The summed E-state index contributed by atoms with van der Waals surface area (Å²) in [4.78, 5) is 27.8. The smallest absolute Gasteiger partial charge is 0.324 e. The van der Waals surface area contributed by atoms with Gasteiger partial charge in [0.1, 0.15) is 0 Å². The van der Waals surface area contributed by atoms with E-state index >= 15 is 0 Å². The molecule has 0 bridgehead atoms. The minimum Gasteiger partial charge on any atom is -0.497 e. The molecule has 2 unspecified atom stereocenters. The number of benzene rings is 1. The van der Waals surface area contributed by atoms with Crippen molar-refractivity contribution in [2.75, 3.05) is 6.54 Å². The number of non-ortho nitro benzene ring substituents is 1. The van der Waals surface area contributed by atoms with Crippen LogP contribution in [0.4, 0.5) is 17.1 Å². The third-order valence-electron chi connectivity index (χ3n) is 3.25. The molecule has 0 spiro atoms. The maximum Gasteiger partial charge on any atom is 0.324 e. The van der Waals surface area contributed by atoms with Crippen LogP contribution in [0.15, 0.2) is 12.1 Å². The number of hydrogen-bond acceptors (Lipinski definition) is 9. The summed E-state index contributed by atoms with van der Waals surface area (Å²) >= 11 is 0. The van der Waals surface area contributed by atoms with Crippen molar-refractivity contribution in [3.63, 3.8) is 0 Å². The molecule has 1 aromatic carbocycles. The van der Waals surface area contributed by atoms with Gasteiger partial charge in [-0.25, -0.2) is 0 Å². The highest BCUT2D eigenvalue weighted by Gasteiger charge is 2.30. The molecule has 3 N–H and O–H groups in total. The minimum atomic E-state index is -1.21. The first-order valence-electron chi connectivity index (χ1n) is 8.08. The molecule has 1 rings (SSSR count). The summed E-state index contributed by atoms with van der Waals surface area (Å²) in [5.74, 6) is -0.480. The Bertz CT molecular complexity index is 643. The van der Waals surface area contributed by atoms with Crippen molar-refractivity contribution in [2.24, 2.45) is 5.92 Å². The highest BCUT2D eigenvalue weighted by molar-refractivity contribution is 5.64. The molecule has 0 fully saturated rings. The number of nitro benzene ring substituents is 3. The first-order valence-corrected chi connectivity index (χ1v) is 8.08. The van der Waals surface area contributed by atoms with Crippen molar-refractivity contribution in [2.45, 2.75) is 46.3 Å². The Labute approximate surface area is 155 Å². The van der Waals surface area contributed by atoms with Crippen LogP contribution >= 0.6 is 0 Å². The van der Waals surface area contributed by atoms with Crippen LogP contribution in [0.3, 0.4) is 0 Å². The molecule has 0 radical (unpaired) electrons. The highest BCUT2D eigenvalue weighted by Crippen LogP contribution is 2.38. The number of nitro groups is 3. The zero-order valence-corrected chi connectivity index (χ0v) is 15.5. The van der Waals surface area contributed by atoms with Gasteiger partial charge in [0.2, 0.25) is 0 Å². The van der Waals surface area contributed by atoms with Gasteiger partial charge in [0.05, 0.1) is 33.0 Å². The lowest BCUT2D eigenvalue weighted by atomic mass is 10.1. The molecule has 1 aromatic rings. The summed E-state index contributed by atoms with van der Waals surface area (Å²) < 4.78 is 0. The van der Waals surface area contributed by atoms with Crippen molar-refractivity contribution in [3.8, 4) is 5.75 Å². The number of rotatable bonds is 8. The van der Waals surface area contributed by atoms with Gasteiger partial charge < -0.3 is 15.5 Å². The van der Waals surface area contributed by atoms with Gasteiger partial charge in [-0.3, -0.25) is 30.3 Å². The van der Waals surface area contributed by atoms with Crippen LogP contribution in [0.25, 0.3) is 0 Å². The number of phenols is 1. The number of aliphatic hydroxyl groups excluding tert-OH is 1. The topological polar surface area (TPSA) is 182 Å². The molecular formula is C15H24N4O8. The van der Waals surface area contributed by atoms with Gasteiger partial charge in [-0.1, -0.05) is 13.8 Å². The molecule has 27 heavy (non-hydrogen) atoms. The van der Waals surface area contributed by atoms with Crippen LogP contribution in [-0.2, 0) is 0 Å². The third kappa shape index (κ3) is 8.87. The standard InChI is InChI=1S/C9H21NO.C6H3N3O7/c1-7(2)5-8(3)10-6-9(4)11;10-6-4(8(13)14)1-3(7(11)12)2-5(6)9(15)16/h7-11H,5-6H2,1-4H3;1-2,10H. The first-order chi connectivity index (χ1) is 12.4. The Hall–Kier alpha value is -2.86. The Morgan fingerprint density at radius 1 is 0.963 bits per heavy atom. The Morgan fingerprint density at radius 3 is 1.70 bits per heavy atom. The van der Waals surface area contributed by atoms with Crippen LogP contribution in [0.5, 0.6) is 5.75 Å². The average Bonchev–Trinajstić information content (AvgIpc) is 2.52. The van der Waals surface area contributed by atoms with Crippen molar-refractivity contribution in [1.82, 2.24) is 5.32 Å². The SMILES string of the molecule is CC(C)CC(C)NCC(C)O.O=[N+]([O-])c1cc([N+](=O)[O-])c(O)c([N+](=O)[O-])c1. The lowest BCUT2D eigenvalue weighted by molar-refractivity contribution is -0.404. The fourth-order valence-corrected chi connectivity index (χ4v) is 2.14. The van der Waals surface area contributed by atoms with Gasteiger partial charge in [-0.15, -0.1) is 0 Å². The quantitative estimate of drug-likeness (QED) is 0.445. The van der Waals surface area contributed by atoms with E-state index < -0.39 is 37.6 Å². The Balaban J connectivity index is 0.000000541. The summed E-state index contributed by atoms with van der Waals surface area (Å²) in [6.07, 6.45) is 0.941. The fourth-order valence-electron chi connectivity index (χ4n) is 2.14. The van der Waals surface area contributed by atoms with Crippen LogP contribution in [0, 0.1) is 36.3 Å². The molecule has 0 aliphatic rings. The average molecular weight is 388 g/mol. The minimum absolute atomic E-state index is 0.232. The molecule has 152 valence electrons. The maximum atomic E-state index is 10.4. The van der Waals surface area contributed by atoms with Gasteiger partial charge in [0, 0.05) is 12.6 Å². The van der Waals surface area contributed by atoms with Crippen LogP contribution < -0.4 is 5.32 Å². The van der Waals surface area contributed by atoms with Gasteiger partial charge in [-0.2, -0.15) is 0 Å². The zero-order valence-electron chi connectivity index (χ0n) is 15.5. The Kier molecular flexibility index (Phi) is 9.82. The van der Waals surface area contributed by atoms with E-state index in [9.17, 15) is 30.3 Å². The summed E-state index contributed by atoms with van der Waals surface area (Å²) in [7, 11) is 0. The third-order valence-corrected chi connectivity index (χ3v) is 3.25. The number of nitrogens with zero attached hydrogens (tertiary/aromatic N) is 3. The highest BCUT2D eigenvalue weighted by atomic mass is 16.6. The molecule has 0 aliphatic carbocycles. The normalized spacial score (nSPS) is 12.7. The van der Waals surface area contributed by atoms with E-state index in [-0.39, 0.29) is 6.10 Å². The largest absolute Gasteiger partial charge is 0.497 e. The molecule has 0 saturated heterocycles. The molecule has 0 aromatic heterocycles. The number of aliphatic hydroxyl groups is 1. The van der Waals surface area contributed by atoms with Crippen molar-refractivity contribution >= 4 is 17.1 Å². The number of aromatic hydroxyl groups is 1. The van der Waals surface area contributed by atoms with Crippen molar-refractivity contribution in [1.29, 1.82) is 0 Å². The summed E-state index contributed by atoms with van der Waals surface area (Å²) in [5, 5.41) is 52.5. The van der Waals surface area contributed by atoms with Crippen molar-refractivity contribution < 1.29 is 25.0 Å². The lowest BCUT2D eigenvalue weighted by Gasteiger charge is -2.16. The second-order valence-electron chi connectivity index (χ2n) is 6.39. The van der Waals surface area contributed by atoms with Crippen LogP contribution in [-0.4, -0.2) is 43.7 Å². The molecular weight excluding hydrogens is 364 g/mol. The van der Waals surface area contributed by atoms with Gasteiger partial charge in [0.25, 0.3) is 11.4 Å². The van der Waals surface area contributed by atoms with Crippen LogP contribution in [0.1, 0.15) is 34.1 Å². The molecule has 0 aliphatic heterocycles. The predicted molar refractivity (Wildman–Crippen MR) is 96.7 cm³/mol. The lowest BCUT2D eigenvalue weighted by Crippen LogP contribution is -2.33. The monoisotopic (exact) mass is 388 g/mol. The van der Waals surface area contributed by atoms with Crippen molar-refractivity contribution in [3.05, 3.63) is 42.5 Å². The first kappa shape index (κ1) is 24.1. The maximum absolute atomic E-state index is 10.4. The summed E-state index contributed by atoms with van der Waals surface area (Å²) in [5.41, 5.74) is -3.00. The fraction of sp³-hybridized carbons (Fsp3) is 0.600.